The van der Waals surface area contributed by atoms with Crippen molar-refractivity contribution in [2.24, 2.45) is 0 Å². The van der Waals surface area contributed by atoms with Crippen LogP contribution in [0.2, 0.25) is 0 Å². The molecule has 2 aliphatic rings. The molecule has 2 aliphatic heterocycles. The van der Waals surface area contributed by atoms with Gasteiger partial charge in [0.05, 0.1) is 6.04 Å². The van der Waals surface area contributed by atoms with Crippen LogP contribution in [0.3, 0.4) is 0 Å². The summed E-state index contributed by atoms with van der Waals surface area (Å²) in [6.45, 7) is 5.46. The second-order valence-corrected chi connectivity index (χ2v) is 8.96. The fraction of sp³-hybridized carbons (Fsp3) is 0.520. The number of likely N-dealkylation sites (N-methyl/N-ethyl adjacent to an activating group) is 1. The van der Waals surface area contributed by atoms with Crippen molar-refractivity contribution in [2.75, 3.05) is 12.4 Å². The summed E-state index contributed by atoms with van der Waals surface area (Å²) in [6, 6.07) is 5.64. The van der Waals surface area contributed by atoms with Crippen molar-refractivity contribution in [3.8, 4) is 0 Å². The number of hydrogen-bond acceptors (Lipinski definition) is 5. The zero-order valence-corrected chi connectivity index (χ0v) is 19.9. The van der Waals surface area contributed by atoms with E-state index in [4.69, 9.17) is 0 Å². The van der Waals surface area contributed by atoms with Gasteiger partial charge < -0.3 is 26.2 Å². The molecule has 2 fully saturated rings. The van der Waals surface area contributed by atoms with Gasteiger partial charge >= 0.3 is 0 Å². The van der Waals surface area contributed by atoms with Gasteiger partial charge in [-0.25, -0.2) is 0 Å². The quantitative estimate of drug-likeness (QED) is 0.430. The first-order chi connectivity index (χ1) is 16.3. The SMILES string of the molecule is C=CC(=O)Nc1cccc(CNC(=O)C2CCC3CCCCC(NC(=O)[C@H](C)NC)C(=O)N32)c1. The molecule has 3 unspecified atom stereocenters. The molecule has 34 heavy (non-hydrogen) atoms. The topological polar surface area (TPSA) is 120 Å². The van der Waals surface area contributed by atoms with Crippen LogP contribution in [0, 0.1) is 0 Å². The Kier molecular flexibility index (Phi) is 8.81. The molecule has 184 valence electrons. The van der Waals surface area contributed by atoms with E-state index >= 15 is 0 Å². The molecule has 0 radical (unpaired) electrons. The summed E-state index contributed by atoms with van der Waals surface area (Å²) in [5.41, 5.74) is 1.45. The second kappa shape index (κ2) is 11.8. The van der Waals surface area contributed by atoms with Gasteiger partial charge in [-0.15, -0.1) is 0 Å². The molecule has 1 aromatic carbocycles. The van der Waals surface area contributed by atoms with Crippen LogP contribution in [0.4, 0.5) is 5.69 Å². The number of hydrogen-bond donors (Lipinski definition) is 4. The first-order valence-electron chi connectivity index (χ1n) is 11.9. The van der Waals surface area contributed by atoms with Gasteiger partial charge in [-0.3, -0.25) is 19.2 Å². The minimum atomic E-state index is -0.621. The van der Waals surface area contributed by atoms with E-state index in [9.17, 15) is 19.2 Å². The lowest BCUT2D eigenvalue weighted by atomic mass is 9.98. The van der Waals surface area contributed by atoms with Crippen LogP contribution in [-0.2, 0) is 25.7 Å². The molecular weight excluding hydrogens is 434 g/mol. The van der Waals surface area contributed by atoms with Crippen molar-refractivity contribution in [2.45, 2.75) is 76.2 Å². The van der Waals surface area contributed by atoms with Crippen LogP contribution in [0.25, 0.3) is 0 Å². The lowest BCUT2D eigenvalue weighted by Crippen LogP contribution is -2.57. The molecular formula is C25H35N5O4. The molecule has 1 aromatic rings. The minimum absolute atomic E-state index is 0.0159. The van der Waals surface area contributed by atoms with Crippen molar-refractivity contribution >= 4 is 29.3 Å². The third-order valence-corrected chi connectivity index (χ3v) is 6.63. The standard InChI is InChI=1S/C25H35N5O4/c1-4-22(31)28-18-9-7-8-17(14-18)15-27-24(33)21-13-12-19-10-5-6-11-20(25(34)30(19)21)29-23(32)16(2)26-3/h4,7-9,14,16,19-21,26H,1,5-6,10-13,15H2,2-3H3,(H,27,33)(H,28,31)(H,29,32)/t16-,19?,20?,21?/m0/s1. The van der Waals surface area contributed by atoms with Crippen LogP contribution in [0.5, 0.6) is 0 Å². The number of anilines is 1. The lowest BCUT2D eigenvalue weighted by molar-refractivity contribution is -0.144. The molecule has 0 spiro atoms. The molecule has 4 amide bonds. The van der Waals surface area contributed by atoms with Crippen molar-refractivity contribution < 1.29 is 19.2 Å². The van der Waals surface area contributed by atoms with E-state index in [1.165, 1.54) is 6.08 Å². The number of amides is 4. The lowest BCUT2D eigenvalue weighted by Gasteiger charge is -2.35. The summed E-state index contributed by atoms with van der Waals surface area (Å²) in [6.07, 6.45) is 5.84. The van der Waals surface area contributed by atoms with Crippen LogP contribution in [-0.4, -0.2) is 59.7 Å². The van der Waals surface area contributed by atoms with E-state index in [0.29, 0.717) is 18.5 Å². The average Bonchev–Trinajstić information content (AvgIpc) is 3.25. The summed E-state index contributed by atoms with van der Waals surface area (Å²) in [4.78, 5) is 52.2. The summed E-state index contributed by atoms with van der Waals surface area (Å²) in [5.74, 6) is -0.903. The smallest absolute Gasteiger partial charge is 0.247 e. The predicted molar refractivity (Wildman–Crippen MR) is 130 cm³/mol. The van der Waals surface area contributed by atoms with Crippen molar-refractivity contribution in [1.82, 2.24) is 20.9 Å². The van der Waals surface area contributed by atoms with E-state index in [0.717, 1.165) is 31.2 Å². The molecule has 2 saturated heterocycles. The number of fused-ring (bicyclic) bond motifs is 1. The highest BCUT2D eigenvalue weighted by Gasteiger charge is 2.43. The Balaban J connectivity index is 1.67. The minimum Gasteiger partial charge on any atom is -0.350 e. The van der Waals surface area contributed by atoms with Gasteiger partial charge in [0.2, 0.25) is 23.6 Å². The Morgan fingerprint density at radius 3 is 2.68 bits per heavy atom. The van der Waals surface area contributed by atoms with Gasteiger partial charge in [0.15, 0.2) is 0 Å². The fourth-order valence-electron chi connectivity index (χ4n) is 4.61. The number of rotatable bonds is 8. The zero-order chi connectivity index (χ0) is 24.7. The van der Waals surface area contributed by atoms with Crippen LogP contribution < -0.4 is 21.3 Å². The third-order valence-electron chi connectivity index (χ3n) is 6.63. The fourth-order valence-corrected chi connectivity index (χ4v) is 4.61. The monoisotopic (exact) mass is 469 g/mol. The number of benzene rings is 1. The van der Waals surface area contributed by atoms with Crippen LogP contribution in [0.1, 0.15) is 51.0 Å². The van der Waals surface area contributed by atoms with Gasteiger partial charge in [-0.2, -0.15) is 0 Å². The summed E-state index contributed by atoms with van der Waals surface area (Å²) in [5, 5.41) is 11.4. The molecule has 9 nitrogen and oxygen atoms in total. The number of carbonyl (C=O) groups excluding carboxylic acids is 4. The van der Waals surface area contributed by atoms with E-state index in [1.54, 1.807) is 37.1 Å². The van der Waals surface area contributed by atoms with E-state index < -0.39 is 18.1 Å². The molecule has 4 N–H and O–H groups in total. The first-order valence-corrected chi connectivity index (χ1v) is 11.9. The molecule has 9 heteroatoms. The highest BCUT2D eigenvalue weighted by molar-refractivity contribution is 5.99. The average molecular weight is 470 g/mol. The Labute approximate surface area is 200 Å². The number of nitrogens with zero attached hydrogens (tertiary/aromatic N) is 1. The van der Waals surface area contributed by atoms with Gasteiger partial charge in [0, 0.05) is 18.3 Å². The molecule has 0 aromatic heterocycles. The number of nitrogens with one attached hydrogen (secondary N) is 4. The van der Waals surface area contributed by atoms with Crippen LogP contribution in [0.15, 0.2) is 36.9 Å². The van der Waals surface area contributed by atoms with Crippen LogP contribution >= 0.6 is 0 Å². The van der Waals surface area contributed by atoms with E-state index in [-0.39, 0.29) is 36.2 Å². The summed E-state index contributed by atoms with van der Waals surface area (Å²) in [7, 11) is 1.70. The Morgan fingerprint density at radius 2 is 1.94 bits per heavy atom. The largest absolute Gasteiger partial charge is 0.350 e. The highest BCUT2D eigenvalue weighted by atomic mass is 16.2. The third kappa shape index (κ3) is 6.22. The maximum absolute atomic E-state index is 13.5. The maximum atomic E-state index is 13.5. The molecule has 0 bridgehead atoms. The first kappa shape index (κ1) is 25.4. The highest BCUT2D eigenvalue weighted by Crippen LogP contribution is 2.31. The Hall–Kier alpha value is -3.20. The molecule has 3 rings (SSSR count). The van der Waals surface area contributed by atoms with Gasteiger partial charge in [-0.05, 0) is 63.4 Å². The number of carbonyl (C=O) groups is 4. The summed E-state index contributed by atoms with van der Waals surface area (Å²) < 4.78 is 0. The zero-order valence-electron chi connectivity index (χ0n) is 19.9. The molecule has 2 heterocycles. The molecule has 0 aliphatic carbocycles. The van der Waals surface area contributed by atoms with Gasteiger partial charge in [0.1, 0.15) is 12.1 Å². The predicted octanol–water partition coefficient (Wildman–Crippen LogP) is 1.45. The van der Waals surface area contributed by atoms with Crippen molar-refractivity contribution in [3.05, 3.63) is 42.5 Å². The van der Waals surface area contributed by atoms with Crippen molar-refractivity contribution in [3.63, 3.8) is 0 Å². The Bertz CT molecular complexity index is 934. The van der Waals surface area contributed by atoms with Gasteiger partial charge in [-0.1, -0.05) is 31.6 Å². The Morgan fingerprint density at radius 1 is 1.18 bits per heavy atom. The maximum Gasteiger partial charge on any atom is 0.247 e. The normalized spacial score (nSPS) is 23.2. The van der Waals surface area contributed by atoms with E-state index in [2.05, 4.69) is 27.8 Å². The molecule has 0 saturated carbocycles. The van der Waals surface area contributed by atoms with E-state index in [1.807, 2.05) is 6.07 Å². The molecule has 4 atom stereocenters. The second-order valence-electron chi connectivity index (χ2n) is 8.96. The van der Waals surface area contributed by atoms with Gasteiger partial charge in [0.25, 0.3) is 0 Å². The summed E-state index contributed by atoms with van der Waals surface area (Å²) >= 11 is 0. The van der Waals surface area contributed by atoms with Crippen molar-refractivity contribution in [1.29, 1.82) is 0 Å².